The first-order valence-corrected chi connectivity index (χ1v) is 11.4. The molecular formula is C22H29NO7S. The number of ether oxygens (including phenoxy) is 2. The highest BCUT2D eigenvalue weighted by molar-refractivity contribution is 7.98. The fourth-order valence-electron chi connectivity index (χ4n) is 3.48. The number of esters is 1. The van der Waals surface area contributed by atoms with Gasteiger partial charge in [0, 0.05) is 17.5 Å². The van der Waals surface area contributed by atoms with Gasteiger partial charge in [-0.1, -0.05) is 11.6 Å². The minimum absolute atomic E-state index is 0.114. The lowest BCUT2D eigenvalue weighted by Gasteiger charge is -2.16. The fraction of sp³-hybridized carbons (Fsp3) is 0.500. The molecule has 31 heavy (non-hydrogen) atoms. The number of allylic oxidation sites excluding steroid dienone is 2. The molecule has 1 heterocycles. The Balaban J connectivity index is 2.05. The molecule has 1 aliphatic rings. The number of hydrogen-bond donors (Lipinski definition) is 3. The van der Waals surface area contributed by atoms with E-state index in [-0.39, 0.29) is 30.2 Å². The van der Waals surface area contributed by atoms with E-state index in [4.69, 9.17) is 9.47 Å². The molecule has 0 aliphatic carbocycles. The van der Waals surface area contributed by atoms with Gasteiger partial charge in [-0.3, -0.25) is 4.79 Å². The third kappa shape index (κ3) is 5.94. The first kappa shape index (κ1) is 24.6. The first-order chi connectivity index (χ1) is 14.7. The van der Waals surface area contributed by atoms with E-state index in [0.717, 1.165) is 11.1 Å². The largest absolute Gasteiger partial charge is 0.507 e. The molecule has 170 valence electrons. The zero-order chi connectivity index (χ0) is 23.1. The van der Waals surface area contributed by atoms with Crippen molar-refractivity contribution in [2.75, 3.05) is 19.1 Å². The van der Waals surface area contributed by atoms with Crippen LogP contribution in [0.3, 0.4) is 0 Å². The second-order valence-corrected chi connectivity index (χ2v) is 8.40. The number of aliphatic carboxylic acids is 1. The van der Waals surface area contributed by atoms with Gasteiger partial charge in [-0.05, 0) is 50.7 Å². The van der Waals surface area contributed by atoms with Crippen LogP contribution >= 0.6 is 11.8 Å². The maximum atomic E-state index is 12.1. The minimum Gasteiger partial charge on any atom is -0.507 e. The smallest absolute Gasteiger partial charge is 0.342 e. The number of fused-ring (bicyclic) bond motifs is 1. The quantitative estimate of drug-likeness (QED) is 0.347. The highest BCUT2D eigenvalue weighted by Crippen LogP contribution is 2.42. The van der Waals surface area contributed by atoms with E-state index in [2.05, 4.69) is 5.32 Å². The summed E-state index contributed by atoms with van der Waals surface area (Å²) in [5, 5.41) is 22.4. The lowest BCUT2D eigenvalue weighted by atomic mass is 9.94. The first-order valence-electron chi connectivity index (χ1n) is 9.96. The molecule has 9 heteroatoms. The molecule has 1 aliphatic heterocycles. The number of nitrogens with one attached hydrogen (secondary N) is 1. The number of carboxylic acids is 1. The molecule has 0 aromatic heterocycles. The Labute approximate surface area is 186 Å². The molecule has 0 saturated carbocycles. The van der Waals surface area contributed by atoms with Crippen LogP contribution in [0.1, 0.15) is 53.2 Å². The normalized spacial score (nSPS) is 14.1. The van der Waals surface area contributed by atoms with Crippen LogP contribution in [0.5, 0.6) is 11.5 Å². The number of benzene rings is 1. The summed E-state index contributed by atoms with van der Waals surface area (Å²) in [4.78, 5) is 35.4. The average Bonchev–Trinajstić information content (AvgIpc) is 3.12. The second-order valence-electron chi connectivity index (χ2n) is 7.41. The van der Waals surface area contributed by atoms with Gasteiger partial charge in [-0.25, -0.2) is 9.59 Å². The summed E-state index contributed by atoms with van der Waals surface area (Å²) in [5.41, 5.74) is 2.96. The summed E-state index contributed by atoms with van der Waals surface area (Å²) in [7, 11) is 1.51. The van der Waals surface area contributed by atoms with Crippen molar-refractivity contribution in [1.82, 2.24) is 5.32 Å². The monoisotopic (exact) mass is 451 g/mol. The van der Waals surface area contributed by atoms with E-state index in [1.165, 1.54) is 18.9 Å². The number of carbonyl (C=O) groups excluding carboxylic acids is 2. The SMILES string of the molecule is COc1c(C)c2c(c(O)c1C/C=C(\C)CCC(=O)N[C@@H](CCSC)C(=O)O)C(=O)OC2. The Morgan fingerprint density at radius 3 is 2.68 bits per heavy atom. The summed E-state index contributed by atoms with van der Waals surface area (Å²) in [6, 6.07) is -0.889. The molecule has 8 nitrogen and oxygen atoms in total. The third-order valence-electron chi connectivity index (χ3n) is 5.29. The Hall–Kier alpha value is -2.68. The minimum atomic E-state index is -1.04. The van der Waals surface area contributed by atoms with E-state index < -0.39 is 18.0 Å². The second kappa shape index (κ2) is 11.1. The molecule has 3 N–H and O–H groups in total. The summed E-state index contributed by atoms with van der Waals surface area (Å²) in [6.07, 6.45) is 5.03. The Kier molecular flexibility index (Phi) is 8.79. The maximum absolute atomic E-state index is 12.1. The zero-order valence-corrected chi connectivity index (χ0v) is 19.1. The molecule has 0 bridgehead atoms. The topological polar surface area (TPSA) is 122 Å². The molecule has 0 radical (unpaired) electrons. The molecule has 0 saturated heterocycles. The molecule has 2 rings (SSSR count). The number of rotatable bonds is 11. The van der Waals surface area contributed by atoms with Crippen LogP contribution in [0, 0.1) is 6.92 Å². The summed E-state index contributed by atoms with van der Waals surface area (Å²) in [5.74, 6) is -0.893. The van der Waals surface area contributed by atoms with Gasteiger partial charge in [0.15, 0.2) is 0 Å². The Morgan fingerprint density at radius 1 is 1.35 bits per heavy atom. The van der Waals surface area contributed by atoms with Crippen molar-refractivity contribution in [3.05, 3.63) is 33.9 Å². The van der Waals surface area contributed by atoms with Crippen molar-refractivity contribution in [1.29, 1.82) is 0 Å². The van der Waals surface area contributed by atoms with E-state index >= 15 is 0 Å². The highest BCUT2D eigenvalue weighted by atomic mass is 32.2. The van der Waals surface area contributed by atoms with Crippen LogP contribution in [0.4, 0.5) is 0 Å². The lowest BCUT2D eigenvalue weighted by molar-refractivity contribution is -0.141. The van der Waals surface area contributed by atoms with Crippen molar-refractivity contribution in [2.24, 2.45) is 0 Å². The van der Waals surface area contributed by atoms with Crippen molar-refractivity contribution < 1.29 is 34.1 Å². The number of phenolic OH excluding ortho intramolecular Hbond substituents is 1. The van der Waals surface area contributed by atoms with E-state index in [9.17, 15) is 24.6 Å². The number of thioether (sulfide) groups is 1. The van der Waals surface area contributed by atoms with Crippen molar-refractivity contribution in [3.8, 4) is 11.5 Å². The lowest BCUT2D eigenvalue weighted by Crippen LogP contribution is -2.41. The van der Waals surface area contributed by atoms with E-state index in [0.29, 0.717) is 41.9 Å². The van der Waals surface area contributed by atoms with Gasteiger partial charge in [-0.15, -0.1) is 0 Å². The number of amides is 1. The number of carboxylic acid groups (broad SMARTS) is 1. The van der Waals surface area contributed by atoms with Gasteiger partial charge in [0.1, 0.15) is 29.7 Å². The average molecular weight is 452 g/mol. The van der Waals surface area contributed by atoms with Gasteiger partial charge in [0.05, 0.1) is 7.11 Å². The summed E-state index contributed by atoms with van der Waals surface area (Å²) < 4.78 is 10.5. The number of hydrogen-bond acceptors (Lipinski definition) is 7. The number of phenols is 1. The van der Waals surface area contributed by atoms with Gasteiger partial charge in [-0.2, -0.15) is 11.8 Å². The van der Waals surface area contributed by atoms with Gasteiger partial charge in [0.2, 0.25) is 5.91 Å². The number of aromatic hydroxyl groups is 1. The molecule has 1 amide bonds. The predicted octanol–water partition coefficient (Wildman–Crippen LogP) is 2.97. The van der Waals surface area contributed by atoms with Crippen LogP contribution in [0.15, 0.2) is 11.6 Å². The van der Waals surface area contributed by atoms with E-state index in [1.807, 2.05) is 26.2 Å². The third-order valence-corrected chi connectivity index (χ3v) is 5.94. The number of cyclic esters (lactones) is 1. The van der Waals surface area contributed by atoms with Crippen LogP contribution in [-0.2, 0) is 27.4 Å². The molecule has 0 fully saturated rings. The van der Waals surface area contributed by atoms with Crippen LogP contribution < -0.4 is 10.1 Å². The van der Waals surface area contributed by atoms with Gasteiger partial charge < -0.3 is 25.0 Å². The fourth-order valence-corrected chi connectivity index (χ4v) is 3.95. The zero-order valence-electron chi connectivity index (χ0n) is 18.2. The van der Waals surface area contributed by atoms with Gasteiger partial charge >= 0.3 is 11.9 Å². The Bertz CT molecular complexity index is 895. The maximum Gasteiger partial charge on any atom is 0.342 e. The standard InChI is InChI=1S/C22H29NO7S/c1-12(6-8-17(24)23-16(21(26)27)9-10-31-4)5-7-14-19(25)18-15(11-30-22(18)28)13(2)20(14)29-3/h5,16,25H,6-11H2,1-4H3,(H,23,24)(H,26,27)/b12-5+/t16-/m0/s1. The summed E-state index contributed by atoms with van der Waals surface area (Å²) in [6.45, 7) is 3.79. The van der Waals surface area contributed by atoms with Crippen LogP contribution in [0.2, 0.25) is 0 Å². The van der Waals surface area contributed by atoms with Crippen molar-refractivity contribution in [2.45, 2.75) is 52.2 Å². The summed E-state index contributed by atoms with van der Waals surface area (Å²) >= 11 is 1.53. The van der Waals surface area contributed by atoms with Crippen LogP contribution in [-0.4, -0.2) is 53.2 Å². The van der Waals surface area contributed by atoms with Crippen molar-refractivity contribution >= 4 is 29.6 Å². The number of methoxy groups -OCH3 is 1. The van der Waals surface area contributed by atoms with Gasteiger partial charge in [0.25, 0.3) is 0 Å². The molecular weight excluding hydrogens is 422 g/mol. The molecule has 1 atom stereocenters. The molecule has 0 unspecified atom stereocenters. The molecule has 1 aromatic carbocycles. The Morgan fingerprint density at radius 2 is 2.06 bits per heavy atom. The molecule has 0 spiro atoms. The highest BCUT2D eigenvalue weighted by Gasteiger charge is 2.31. The predicted molar refractivity (Wildman–Crippen MR) is 118 cm³/mol. The van der Waals surface area contributed by atoms with Crippen molar-refractivity contribution in [3.63, 3.8) is 0 Å². The van der Waals surface area contributed by atoms with Crippen LogP contribution in [0.25, 0.3) is 0 Å². The van der Waals surface area contributed by atoms with E-state index in [1.54, 1.807) is 0 Å². The number of carbonyl (C=O) groups is 3. The molecule has 1 aromatic rings.